The summed E-state index contributed by atoms with van der Waals surface area (Å²) in [5.74, 6) is 0.156. The fourth-order valence-electron chi connectivity index (χ4n) is 1.93. The molecule has 3 heteroatoms. The van der Waals surface area contributed by atoms with Gasteiger partial charge in [-0.25, -0.2) is 0 Å². The topological polar surface area (TPSA) is 36.1 Å². The van der Waals surface area contributed by atoms with Crippen molar-refractivity contribution in [3.8, 4) is 0 Å². The van der Waals surface area contributed by atoms with Gasteiger partial charge in [0.25, 0.3) is 0 Å². The Morgan fingerprint density at radius 2 is 1.94 bits per heavy atom. The lowest BCUT2D eigenvalue weighted by molar-refractivity contribution is -0.130. The van der Waals surface area contributed by atoms with Crippen molar-refractivity contribution >= 4 is 5.91 Å². The molecule has 0 aliphatic carbocycles. The summed E-state index contributed by atoms with van der Waals surface area (Å²) in [6.07, 6.45) is 2.28. The average Bonchev–Trinajstić information content (AvgIpc) is 2.90. The van der Waals surface area contributed by atoms with Crippen LogP contribution in [0, 0.1) is 0 Å². The van der Waals surface area contributed by atoms with E-state index >= 15 is 0 Å². The third kappa shape index (κ3) is 3.23. The molecule has 1 N–H and O–H groups in total. The van der Waals surface area contributed by atoms with E-state index in [-0.39, 0.29) is 5.91 Å². The maximum Gasteiger partial charge on any atom is 0.228 e. The molecule has 0 saturated carbocycles. The molecule has 0 unspecified atom stereocenters. The molecule has 1 aromatic carbocycles. The minimum absolute atomic E-state index is 0.156. The van der Waals surface area contributed by atoms with E-state index in [2.05, 4.69) is 4.98 Å². The highest BCUT2D eigenvalue weighted by Gasteiger charge is 2.12. The van der Waals surface area contributed by atoms with Gasteiger partial charge in [-0.05, 0) is 24.6 Å². The molecule has 94 valence electrons. The summed E-state index contributed by atoms with van der Waals surface area (Å²) in [4.78, 5) is 17.1. The number of nitrogens with one attached hydrogen (secondary N) is 1. The summed E-state index contributed by atoms with van der Waals surface area (Å²) in [6.45, 7) is 3.42. The number of nitrogens with zero attached hydrogens (tertiary/aromatic N) is 1. The maximum atomic E-state index is 12.2. The summed E-state index contributed by atoms with van der Waals surface area (Å²) in [7, 11) is 0. The van der Waals surface area contributed by atoms with Gasteiger partial charge >= 0.3 is 0 Å². The second kappa shape index (κ2) is 6.05. The molecule has 1 amide bonds. The number of H-pyrrole nitrogens is 1. The first-order valence-corrected chi connectivity index (χ1v) is 6.23. The Bertz CT molecular complexity index is 476. The molecule has 0 saturated heterocycles. The van der Waals surface area contributed by atoms with Crippen molar-refractivity contribution in [2.75, 3.05) is 6.54 Å². The van der Waals surface area contributed by atoms with E-state index in [1.807, 2.05) is 60.5 Å². The fraction of sp³-hybridized carbons (Fsp3) is 0.267. The van der Waals surface area contributed by atoms with Crippen molar-refractivity contribution in [1.29, 1.82) is 0 Å². The SMILES string of the molecule is CCN(Cc1ccccc1)C(=O)Cc1ccc[nH]1. The zero-order valence-electron chi connectivity index (χ0n) is 10.6. The number of likely N-dealkylation sites (N-methyl/N-ethyl adjacent to an activating group) is 1. The Kier molecular flexibility index (Phi) is 4.18. The minimum atomic E-state index is 0.156. The van der Waals surface area contributed by atoms with Gasteiger partial charge in [-0.15, -0.1) is 0 Å². The van der Waals surface area contributed by atoms with Crippen molar-refractivity contribution in [3.63, 3.8) is 0 Å². The Morgan fingerprint density at radius 1 is 1.17 bits per heavy atom. The molecule has 0 bridgehead atoms. The van der Waals surface area contributed by atoms with Crippen LogP contribution in [-0.4, -0.2) is 22.3 Å². The molecular formula is C15H18N2O. The molecule has 0 aliphatic heterocycles. The number of aromatic amines is 1. The second-order valence-electron chi connectivity index (χ2n) is 4.27. The lowest BCUT2D eigenvalue weighted by Crippen LogP contribution is -2.31. The summed E-state index contributed by atoms with van der Waals surface area (Å²) < 4.78 is 0. The number of carbonyl (C=O) groups excluding carboxylic acids is 1. The quantitative estimate of drug-likeness (QED) is 0.859. The third-order valence-corrected chi connectivity index (χ3v) is 2.95. The van der Waals surface area contributed by atoms with Crippen molar-refractivity contribution in [3.05, 3.63) is 59.9 Å². The lowest BCUT2D eigenvalue weighted by Gasteiger charge is -2.20. The van der Waals surface area contributed by atoms with Gasteiger partial charge in [0.05, 0.1) is 6.42 Å². The molecule has 0 atom stereocenters. The zero-order valence-corrected chi connectivity index (χ0v) is 10.6. The van der Waals surface area contributed by atoms with E-state index < -0.39 is 0 Å². The molecule has 0 spiro atoms. The number of hydrogen-bond acceptors (Lipinski definition) is 1. The van der Waals surface area contributed by atoms with E-state index in [4.69, 9.17) is 0 Å². The van der Waals surface area contributed by atoms with E-state index in [0.717, 1.165) is 12.2 Å². The number of aromatic nitrogens is 1. The first kappa shape index (κ1) is 12.4. The minimum Gasteiger partial charge on any atom is -0.365 e. The highest BCUT2D eigenvalue weighted by molar-refractivity contribution is 5.78. The van der Waals surface area contributed by atoms with Crippen LogP contribution in [-0.2, 0) is 17.8 Å². The summed E-state index contributed by atoms with van der Waals surface area (Å²) >= 11 is 0. The molecule has 1 heterocycles. The molecular weight excluding hydrogens is 224 g/mol. The fourth-order valence-corrected chi connectivity index (χ4v) is 1.93. The van der Waals surface area contributed by atoms with Crippen LogP contribution in [0.1, 0.15) is 18.2 Å². The van der Waals surface area contributed by atoms with Crippen LogP contribution in [0.3, 0.4) is 0 Å². The van der Waals surface area contributed by atoms with E-state index in [0.29, 0.717) is 13.0 Å². The van der Waals surface area contributed by atoms with Crippen LogP contribution in [0.25, 0.3) is 0 Å². The first-order chi connectivity index (χ1) is 8.79. The van der Waals surface area contributed by atoms with Crippen molar-refractivity contribution < 1.29 is 4.79 Å². The van der Waals surface area contributed by atoms with Gasteiger partial charge in [0.15, 0.2) is 0 Å². The highest BCUT2D eigenvalue weighted by atomic mass is 16.2. The Morgan fingerprint density at radius 3 is 2.56 bits per heavy atom. The summed E-state index contributed by atoms with van der Waals surface area (Å²) in [5.41, 5.74) is 2.13. The maximum absolute atomic E-state index is 12.2. The zero-order chi connectivity index (χ0) is 12.8. The van der Waals surface area contributed by atoms with E-state index in [1.54, 1.807) is 0 Å². The number of carbonyl (C=O) groups is 1. The molecule has 2 aromatic rings. The highest BCUT2D eigenvalue weighted by Crippen LogP contribution is 2.07. The predicted octanol–water partition coefficient (Wildman–Crippen LogP) is 2.61. The molecule has 18 heavy (non-hydrogen) atoms. The largest absolute Gasteiger partial charge is 0.365 e. The second-order valence-corrected chi connectivity index (χ2v) is 4.27. The van der Waals surface area contributed by atoms with Crippen LogP contribution < -0.4 is 0 Å². The van der Waals surface area contributed by atoms with Crippen LogP contribution >= 0.6 is 0 Å². The Balaban J connectivity index is 1.98. The van der Waals surface area contributed by atoms with Gasteiger partial charge < -0.3 is 9.88 Å². The van der Waals surface area contributed by atoms with Gasteiger partial charge in [-0.2, -0.15) is 0 Å². The predicted molar refractivity (Wildman–Crippen MR) is 72.0 cm³/mol. The Hall–Kier alpha value is -2.03. The van der Waals surface area contributed by atoms with Gasteiger partial charge in [0.2, 0.25) is 5.91 Å². The van der Waals surface area contributed by atoms with Gasteiger partial charge in [0.1, 0.15) is 0 Å². The Labute approximate surface area is 107 Å². The van der Waals surface area contributed by atoms with Gasteiger partial charge in [-0.3, -0.25) is 4.79 Å². The molecule has 0 fully saturated rings. The summed E-state index contributed by atoms with van der Waals surface area (Å²) in [6, 6.07) is 13.9. The summed E-state index contributed by atoms with van der Waals surface area (Å²) in [5, 5.41) is 0. The van der Waals surface area contributed by atoms with E-state index in [1.165, 1.54) is 5.56 Å². The number of amides is 1. The van der Waals surface area contributed by atoms with Crippen molar-refractivity contribution in [2.24, 2.45) is 0 Å². The van der Waals surface area contributed by atoms with Gasteiger partial charge in [0, 0.05) is 25.0 Å². The molecule has 0 aliphatic rings. The standard InChI is InChI=1S/C15H18N2O/c1-2-17(12-13-7-4-3-5-8-13)15(18)11-14-9-6-10-16-14/h3-10,16H,2,11-12H2,1H3. The van der Waals surface area contributed by atoms with E-state index in [9.17, 15) is 4.79 Å². The van der Waals surface area contributed by atoms with Crippen LogP contribution in [0.4, 0.5) is 0 Å². The lowest BCUT2D eigenvalue weighted by atomic mass is 10.2. The first-order valence-electron chi connectivity index (χ1n) is 6.23. The van der Waals surface area contributed by atoms with Gasteiger partial charge in [-0.1, -0.05) is 30.3 Å². The monoisotopic (exact) mass is 242 g/mol. The normalized spacial score (nSPS) is 10.3. The molecule has 1 aromatic heterocycles. The number of rotatable bonds is 5. The molecule has 3 nitrogen and oxygen atoms in total. The van der Waals surface area contributed by atoms with Crippen molar-refractivity contribution in [1.82, 2.24) is 9.88 Å². The number of hydrogen-bond donors (Lipinski definition) is 1. The molecule has 2 rings (SSSR count). The van der Waals surface area contributed by atoms with Crippen LogP contribution in [0.5, 0.6) is 0 Å². The van der Waals surface area contributed by atoms with Crippen LogP contribution in [0.15, 0.2) is 48.7 Å². The average molecular weight is 242 g/mol. The number of benzene rings is 1. The third-order valence-electron chi connectivity index (χ3n) is 2.95. The smallest absolute Gasteiger partial charge is 0.228 e. The molecule has 0 radical (unpaired) electrons. The van der Waals surface area contributed by atoms with Crippen molar-refractivity contribution in [2.45, 2.75) is 19.9 Å². The van der Waals surface area contributed by atoms with Crippen LogP contribution in [0.2, 0.25) is 0 Å².